The lowest BCUT2D eigenvalue weighted by atomic mass is 10.1. The van der Waals surface area contributed by atoms with Crippen LogP contribution in [0.1, 0.15) is 44.5 Å². The summed E-state index contributed by atoms with van der Waals surface area (Å²) in [5.74, 6) is -0.857. The first-order valence-electron chi connectivity index (χ1n) is 11.2. The van der Waals surface area contributed by atoms with E-state index >= 15 is 0 Å². The number of phosphoric acid groups is 2. The molecular weight excluding hydrogens is 605 g/mol. The zero-order valence-corrected chi connectivity index (χ0v) is 24.6. The van der Waals surface area contributed by atoms with Gasteiger partial charge in [-0.1, -0.05) is 11.8 Å². The Hall–Kier alpha value is -1.39. The van der Waals surface area contributed by atoms with Gasteiger partial charge in [0.25, 0.3) is 0 Å². The summed E-state index contributed by atoms with van der Waals surface area (Å²) in [6, 6.07) is 0. The lowest BCUT2D eigenvalue weighted by Gasteiger charge is -2.41. The Morgan fingerprint density at radius 1 is 1.21 bits per heavy atom. The van der Waals surface area contributed by atoms with E-state index in [2.05, 4.69) is 18.8 Å². The molecule has 0 fully saturated rings. The van der Waals surface area contributed by atoms with Crippen LogP contribution in [0.25, 0.3) is 0 Å². The number of phosphoric ester groups is 1. The molecule has 17 nitrogen and oxygen atoms in total. The molecule has 2 unspecified atom stereocenters. The molecule has 21 heteroatoms. The van der Waals surface area contributed by atoms with Crippen molar-refractivity contribution in [2.45, 2.75) is 57.3 Å². The van der Waals surface area contributed by atoms with E-state index < -0.39 is 59.4 Å². The Morgan fingerprint density at radius 3 is 2.38 bits per heavy atom. The minimum Gasteiger partial charge on any atom is -0.481 e. The van der Waals surface area contributed by atoms with Crippen LogP contribution in [0, 0.1) is 6.92 Å². The molecule has 1 aromatic rings. The van der Waals surface area contributed by atoms with E-state index in [0.717, 1.165) is 11.8 Å². The molecule has 0 bridgehead atoms. The number of carboxylic acid groups (broad SMARTS) is 1. The summed E-state index contributed by atoms with van der Waals surface area (Å²) in [6.07, 6.45) is -0.104. The van der Waals surface area contributed by atoms with Crippen LogP contribution in [0.4, 0.5) is 5.82 Å². The van der Waals surface area contributed by atoms with Gasteiger partial charge in [0, 0.05) is 48.2 Å². The summed E-state index contributed by atoms with van der Waals surface area (Å²) in [5, 5.41) is 16.9. The number of hydrogen-bond donors (Lipinski definition) is 7. The maximum atomic E-state index is 13.2. The van der Waals surface area contributed by atoms with Crippen molar-refractivity contribution in [1.82, 2.24) is 14.9 Å². The fourth-order valence-electron chi connectivity index (χ4n) is 3.62. The normalized spacial score (nSPS) is 20.9. The highest BCUT2D eigenvalue weighted by atomic mass is 32.2. The second-order valence-corrected chi connectivity index (χ2v) is 14.3. The van der Waals surface area contributed by atoms with Crippen LogP contribution in [0.5, 0.6) is 0 Å². The largest absolute Gasteiger partial charge is 0.481 e. The number of carboxylic acids is 1. The number of aromatic nitrogens is 2. The zero-order chi connectivity index (χ0) is 29.8. The van der Waals surface area contributed by atoms with E-state index in [9.17, 15) is 38.5 Å². The number of aliphatic hydroxyl groups is 1. The van der Waals surface area contributed by atoms with E-state index in [4.69, 9.17) is 20.0 Å². The van der Waals surface area contributed by atoms with Gasteiger partial charge >= 0.3 is 29.2 Å². The lowest BCUT2D eigenvalue weighted by Crippen LogP contribution is -2.48. The van der Waals surface area contributed by atoms with Gasteiger partial charge in [-0.3, -0.25) is 13.9 Å². The molecule has 1 aromatic heterocycles. The van der Waals surface area contributed by atoms with Crippen molar-refractivity contribution in [3.8, 4) is 0 Å². The van der Waals surface area contributed by atoms with Crippen molar-refractivity contribution < 1.29 is 61.6 Å². The van der Waals surface area contributed by atoms with Crippen LogP contribution in [-0.2, 0) is 38.4 Å². The van der Waals surface area contributed by atoms with Gasteiger partial charge in [-0.15, -0.1) is 0 Å². The van der Waals surface area contributed by atoms with Gasteiger partial charge in [0.05, 0.1) is 13.2 Å². The molecule has 4 atom stereocenters. The minimum atomic E-state index is -5.34. The molecule has 0 saturated heterocycles. The second-order valence-electron chi connectivity index (χ2n) is 8.27. The number of nitrogen functional groups attached to an aromatic ring is 1. The Morgan fingerprint density at radius 2 is 1.85 bits per heavy atom. The fourth-order valence-corrected chi connectivity index (χ4v) is 8.57. The number of thioether (sulfide) groups is 1. The summed E-state index contributed by atoms with van der Waals surface area (Å²) in [6.45, 7) is 3.66. The SMILES string of the molecule is CCOP(=O)(O)[C@@](O)(CCC(=O)O)[C@H]1SC(CCOP(=O)(O)OP(=O)(O)O)=C(C)N1Cc1cnc(C)nc1N. The number of aliphatic carboxylic acids is 1. The molecule has 0 spiro atoms. The number of nitrogens with two attached hydrogens (primary N) is 1. The number of anilines is 1. The van der Waals surface area contributed by atoms with Crippen LogP contribution < -0.4 is 5.73 Å². The Labute approximate surface area is 227 Å². The first kappa shape index (κ1) is 33.8. The van der Waals surface area contributed by atoms with Crippen molar-refractivity contribution in [2.75, 3.05) is 18.9 Å². The van der Waals surface area contributed by atoms with E-state index in [1.807, 2.05) is 0 Å². The molecule has 0 radical (unpaired) electrons. The number of nitrogens with zero attached hydrogens (tertiary/aromatic N) is 3. The minimum absolute atomic E-state index is 0.0951. The van der Waals surface area contributed by atoms with Crippen LogP contribution >= 0.6 is 35.0 Å². The topological polar surface area (TPSA) is 272 Å². The number of allylic oxidation sites excluding steroid dienone is 1. The van der Waals surface area contributed by atoms with E-state index in [1.165, 1.54) is 18.0 Å². The molecule has 39 heavy (non-hydrogen) atoms. The molecule has 0 aromatic carbocycles. The van der Waals surface area contributed by atoms with Gasteiger partial charge in [0.2, 0.25) is 0 Å². The lowest BCUT2D eigenvalue weighted by molar-refractivity contribution is -0.138. The van der Waals surface area contributed by atoms with E-state index in [1.54, 1.807) is 13.8 Å². The smallest absolute Gasteiger partial charge is 0.481 e. The van der Waals surface area contributed by atoms with Crippen molar-refractivity contribution in [3.63, 3.8) is 0 Å². The molecule has 2 rings (SSSR count). The fraction of sp³-hybridized carbons (Fsp3) is 0.611. The highest BCUT2D eigenvalue weighted by Crippen LogP contribution is 2.63. The second kappa shape index (κ2) is 13.1. The van der Waals surface area contributed by atoms with Gasteiger partial charge in [-0.2, -0.15) is 4.31 Å². The average molecular weight is 636 g/mol. The third-order valence-electron chi connectivity index (χ3n) is 5.42. The quantitative estimate of drug-likeness (QED) is 0.135. The first-order valence-corrected chi connectivity index (χ1v) is 16.7. The monoisotopic (exact) mass is 636 g/mol. The third-order valence-corrected chi connectivity index (χ3v) is 11.5. The molecule has 0 amide bonds. The van der Waals surface area contributed by atoms with E-state index in [0.29, 0.717) is 22.0 Å². The molecule has 1 aliphatic rings. The van der Waals surface area contributed by atoms with Crippen molar-refractivity contribution in [2.24, 2.45) is 0 Å². The Kier molecular flexibility index (Phi) is 11.3. The van der Waals surface area contributed by atoms with Crippen LogP contribution in [0.15, 0.2) is 16.8 Å². The Bertz CT molecular complexity index is 1240. The number of aryl methyl sites for hydroxylation is 1. The van der Waals surface area contributed by atoms with Gasteiger partial charge in [0.15, 0.2) is 5.34 Å². The average Bonchev–Trinajstić information content (AvgIpc) is 3.07. The summed E-state index contributed by atoms with van der Waals surface area (Å²) < 4.78 is 49.3. The van der Waals surface area contributed by atoms with Gasteiger partial charge < -0.3 is 44.9 Å². The van der Waals surface area contributed by atoms with Crippen molar-refractivity contribution >= 4 is 46.8 Å². The van der Waals surface area contributed by atoms with E-state index in [-0.39, 0.29) is 25.4 Å². The molecule has 0 saturated carbocycles. The summed E-state index contributed by atoms with van der Waals surface area (Å²) in [5.41, 5.74) is 6.79. The molecular formula is C18H31N4O13P3S. The van der Waals surface area contributed by atoms with Gasteiger partial charge in [-0.25, -0.2) is 19.1 Å². The third kappa shape index (κ3) is 9.05. The Balaban J connectivity index is 2.47. The number of hydrogen-bond acceptors (Lipinski definition) is 13. The summed E-state index contributed by atoms with van der Waals surface area (Å²) in [4.78, 5) is 59.1. The predicted molar refractivity (Wildman–Crippen MR) is 138 cm³/mol. The molecule has 8 N–H and O–H groups in total. The predicted octanol–water partition coefficient (Wildman–Crippen LogP) is 1.87. The number of rotatable bonds is 15. The van der Waals surface area contributed by atoms with Crippen molar-refractivity contribution in [1.29, 1.82) is 0 Å². The summed E-state index contributed by atoms with van der Waals surface area (Å²) in [7, 11) is -15.4. The van der Waals surface area contributed by atoms with Crippen LogP contribution in [0.3, 0.4) is 0 Å². The molecule has 1 aliphatic heterocycles. The maximum Gasteiger partial charge on any atom is 0.481 e. The zero-order valence-electron chi connectivity index (χ0n) is 21.1. The van der Waals surface area contributed by atoms with Crippen molar-refractivity contribution in [3.05, 3.63) is 28.2 Å². The van der Waals surface area contributed by atoms with Gasteiger partial charge in [0.1, 0.15) is 17.0 Å². The standard InChI is InChI=1S/C18H31N4O13P3S/c1-4-33-36(26,27)18(25,7-5-15(23)24)17-22(10-13-9-20-12(3)21-16(13)19)11(2)14(39-17)6-8-34-38(31,32)35-37(28,29)30/h9,17,25H,4-8,10H2,1-3H3,(H,23,24)(H,26,27)(H,31,32)(H2,19,20,21)(H2,28,29,30)/t17-,18+/m1/s1. The van der Waals surface area contributed by atoms with Gasteiger partial charge in [-0.05, 0) is 20.8 Å². The molecule has 2 heterocycles. The highest BCUT2D eigenvalue weighted by Gasteiger charge is 2.58. The maximum absolute atomic E-state index is 13.2. The first-order chi connectivity index (χ1) is 17.8. The van der Waals surface area contributed by atoms with Crippen LogP contribution in [-0.4, -0.2) is 74.6 Å². The number of carbonyl (C=O) groups is 1. The molecule has 222 valence electrons. The highest BCUT2D eigenvalue weighted by molar-refractivity contribution is 8.04. The van der Waals surface area contributed by atoms with Crippen LogP contribution in [0.2, 0.25) is 0 Å². The summed E-state index contributed by atoms with van der Waals surface area (Å²) >= 11 is 0.853. The molecule has 0 aliphatic carbocycles.